The highest BCUT2D eigenvalue weighted by atomic mass is 15.4. The average Bonchev–Trinajstić information content (AvgIpc) is 3.65. The zero-order chi connectivity index (χ0) is 28.1. The van der Waals surface area contributed by atoms with E-state index >= 15 is 0 Å². The molecule has 0 radical (unpaired) electrons. The second kappa shape index (κ2) is 20.3. The number of nitrogens with zero attached hydrogens (tertiary/aromatic N) is 7. The van der Waals surface area contributed by atoms with Gasteiger partial charge in [-0.2, -0.15) is 0 Å². The van der Waals surface area contributed by atoms with Crippen molar-refractivity contribution in [2.24, 2.45) is 0 Å². The van der Waals surface area contributed by atoms with E-state index in [2.05, 4.69) is 34.5 Å². The minimum absolute atomic E-state index is 0.812. The van der Waals surface area contributed by atoms with E-state index < -0.39 is 0 Å². The zero-order valence-electron chi connectivity index (χ0n) is 25.6. The minimum atomic E-state index is 0.812. The van der Waals surface area contributed by atoms with Crippen molar-refractivity contribution in [3.05, 3.63) is 30.6 Å². The lowest BCUT2D eigenvalue weighted by Gasteiger charge is -2.03. The van der Waals surface area contributed by atoms with Crippen molar-refractivity contribution in [1.82, 2.24) is 35.0 Å². The third kappa shape index (κ3) is 12.7. The summed E-state index contributed by atoms with van der Waals surface area (Å²) in [6, 6.07) is 6.00. The van der Waals surface area contributed by atoms with Gasteiger partial charge in [0, 0.05) is 13.1 Å². The molecule has 7 heteroatoms. The van der Waals surface area contributed by atoms with E-state index in [1.807, 2.05) is 40.0 Å². The van der Waals surface area contributed by atoms with Gasteiger partial charge in [0.1, 0.15) is 11.4 Å². The molecule has 0 atom stereocenters. The molecule has 3 aromatic rings. The molecule has 0 N–H and O–H groups in total. The number of aromatic nitrogens is 7. The second-order valence-corrected chi connectivity index (χ2v) is 11.5. The molecular formula is C33H55N7. The zero-order valence-corrected chi connectivity index (χ0v) is 25.6. The van der Waals surface area contributed by atoms with E-state index in [1.165, 1.54) is 116 Å². The third-order valence-corrected chi connectivity index (χ3v) is 7.83. The van der Waals surface area contributed by atoms with Crippen molar-refractivity contribution in [2.45, 2.75) is 155 Å². The van der Waals surface area contributed by atoms with Crippen LogP contribution in [0.2, 0.25) is 0 Å². The van der Waals surface area contributed by atoms with Crippen molar-refractivity contribution in [1.29, 1.82) is 0 Å². The van der Waals surface area contributed by atoms with Gasteiger partial charge in [0.2, 0.25) is 0 Å². The maximum absolute atomic E-state index is 4.82. The summed E-state index contributed by atoms with van der Waals surface area (Å²) < 4.78 is 3.91. The smallest absolute Gasteiger partial charge is 0.131 e. The van der Waals surface area contributed by atoms with Gasteiger partial charge in [0.25, 0.3) is 0 Å². The van der Waals surface area contributed by atoms with E-state index in [-0.39, 0.29) is 0 Å². The Hall–Kier alpha value is -2.57. The Morgan fingerprint density at radius 2 is 0.800 bits per heavy atom. The number of hydrogen-bond acceptors (Lipinski definition) is 5. The second-order valence-electron chi connectivity index (χ2n) is 11.5. The fourth-order valence-corrected chi connectivity index (χ4v) is 5.29. The van der Waals surface area contributed by atoms with Gasteiger partial charge in [-0.3, -0.25) is 9.36 Å². The molecule has 3 heterocycles. The SMILES string of the molecule is CCCCCCCCCCCCn1cc(-c2cccc(-c3cn(CCCCCCCCCCCC)nn3)n2)nn1. The fraction of sp³-hybridized carbons (Fsp3) is 0.727. The van der Waals surface area contributed by atoms with Crippen molar-refractivity contribution < 1.29 is 0 Å². The lowest BCUT2D eigenvalue weighted by atomic mass is 10.1. The van der Waals surface area contributed by atoms with E-state index in [1.54, 1.807) is 0 Å². The largest absolute Gasteiger partial charge is 0.252 e. The quantitative estimate of drug-likeness (QED) is 0.104. The third-order valence-electron chi connectivity index (χ3n) is 7.83. The molecule has 0 amide bonds. The normalized spacial score (nSPS) is 11.4. The highest BCUT2D eigenvalue weighted by Crippen LogP contribution is 2.20. The lowest BCUT2D eigenvalue weighted by molar-refractivity contribution is 0.507. The average molecular weight is 550 g/mol. The molecule has 222 valence electrons. The first kappa shape index (κ1) is 32.0. The first-order valence-corrected chi connectivity index (χ1v) is 16.6. The molecule has 40 heavy (non-hydrogen) atoms. The van der Waals surface area contributed by atoms with Crippen LogP contribution in [0, 0.1) is 0 Å². The van der Waals surface area contributed by atoms with Gasteiger partial charge >= 0.3 is 0 Å². The summed E-state index contributed by atoms with van der Waals surface area (Å²) in [7, 11) is 0. The Morgan fingerprint density at radius 3 is 1.18 bits per heavy atom. The van der Waals surface area contributed by atoms with Crippen LogP contribution < -0.4 is 0 Å². The van der Waals surface area contributed by atoms with Crippen LogP contribution >= 0.6 is 0 Å². The van der Waals surface area contributed by atoms with Crippen molar-refractivity contribution in [2.75, 3.05) is 0 Å². The number of hydrogen-bond donors (Lipinski definition) is 0. The van der Waals surface area contributed by atoms with E-state index in [0.717, 1.165) is 48.7 Å². The molecule has 0 aliphatic carbocycles. The van der Waals surface area contributed by atoms with Crippen LogP contribution in [0.25, 0.3) is 22.8 Å². The first-order valence-electron chi connectivity index (χ1n) is 16.6. The summed E-state index contributed by atoms with van der Waals surface area (Å²) in [5.74, 6) is 0. The van der Waals surface area contributed by atoms with Crippen molar-refractivity contribution in [3.63, 3.8) is 0 Å². The molecule has 0 aliphatic heterocycles. The molecule has 7 nitrogen and oxygen atoms in total. The number of pyridine rings is 1. The minimum Gasteiger partial charge on any atom is -0.252 e. The Labute approximate surface area is 243 Å². The summed E-state index contributed by atoms with van der Waals surface area (Å²) in [4.78, 5) is 4.82. The van der Waals surface area contributed by atoms with Gasteiger partial charge in [-0.15, -0.1) is 10.2 Å². The van der Waals surface area contributed by atoms with Gasteiger partial charge in [-0.25, -0.2) is 4.98 Å². The molecular weight excluding hydrogens is 494 g/mol. The van der Waals surface area contributed by atoms with Crippen LogP contribution in [0.15, 0.2) is 30.6 Å². The lowest BCUT2D eigenvalue weighted by Crippen LogP contribution is -1.98. The molecule has 0 saturated carbocycles. The number of aryl methyl sites for hydroxylation is 2. The predicted molar refractivity (Wildman–Crippen MR) is 166 cm³/mol. The van der Waals surface area contributed by atoms with Gasteiger partial charge in [-0.1, -0.05) is 146 Å². The summed E-state index contributed by atoms with van der Waals surface area (Å²) in [6.45, 7) is 6.38. The van der Waals surface area contributed by atoms with Crippen LogP contribution in [0.5, 0.6) is 0 Å². The van der Waals surface area contributed by atoms with Crippen LogP contribution in [-0.4, -0.2) is 35.0 Å². The molecule has 3 aromatic heterocycles. The molecule has 0 fully saturated rings. The summed E-state index contributed by atoms with van der Waals surface area (Å²) >= 11 is 0. The van der Waals surface area contributed by atoms with Crippen molar-refractivity contribution in [3.8, 4) is 22.8 Å². The fourth-order valence-electron chi connectivity index (χ4n) is 5.29. The Balaban J connectivity index is 1.33. The first-order chi connectivity index (χ1) is 19.8. The summed E-state index contributed by atoms with van der Waals surface area (Å²) in [6.07, 6.45) is 30.8. The molecule has 0 spiro atoms. The Bertz CT molecular complexity index is 948. The number of unbranched alkanes of at least 4 members (excludes halogenated alkanes) is 18. The molecule has 0 aliphatic rings. The van der Waals surface area contributed by atoms with Crippen LogP contribution in [-0.2, 0) is 13.1 Å². The molecule has 3 rings (SSSR count). The summed E-state index contributed by atoms with van der Waals surface area (Å²) in [5.41, 5.74) is 3.28. The van der Waals surface area contributed by atoms with Crippen LogP contribution in [0.1, 0.15) is 142 Å². The Morgan fingerprint density at radius 1 is 0.450 bits per heavy atom. The molecule has 0 aromatic carbocycles. The Kier molecular flexibility index (Phi) is 16.2. The standard InChI is InChI=1S/C33H55N7/c1-3-5-7-9-11-13-15-17-19-21-26-39-28-32(35-37-39)30-24-23-25-31(34-30)33-29-40(38-36-33)27-22-20-18-16-14-12-10-8-6-4-2/h23-25,28-29H,3-22,26-27H2,1-2H3. The topological polar surface area (TPSA) is 74.3 Å². The van der Waals surface area contributed by atoms with E-state index in [9.17, 15) is 0 Å². The molecule has 0 bridgehead atoms. The monoisotopic (exact) mass is 549 g/mol. The molecule has 0 unspecified atom stereocenters. The van der Waals surface area contributed by atoms with Crippen molar-refractivity contribution >= 4 is 0 Å². The van der Waals surface area contributed by atoms with Crippen LogP contribution in [0.3, 0.4) is 0 Å². The van der Waals surface area contributed by atoms with Gasteiger partial charge in [0.15, 0.2) is 0 Å². The van der Waals surface area contributed by atoms with Gasteiger partial charge < -0.3 is 0 Å². The van der Waals surface area contributed by atoms with E-state index in [4.69, 9.17) is 4.98 Å². The van der Waals surface area contributed by atoms with Gasteiger partial charge in [-0.05, 0) is 25.0 Å². The van der Waals surface area contributed by atoms with Crippen LogP contribution in [0.4, 0.5) is 0 Å². The summed E-state index contributed by atoms with van der Waals surface area (Å²) in [5, 5.41) is 17.5. The number of rotatable bonds is 24. The maximum atomic E-state index is 4.82. The highest BCUT2D eigenvalue weighted by Gasteiger charge is 2.10. The highest BCUT2D eigenvalue weighted by molar-refractivity contribution is 5.60. The predicted octanol–water partition coefficient (Wildman–Crippen LogP) is 9.44. The maximum Gasteiger partial charge on any atom is 0.131 e. The van der Waals surface area contributed by atoms with E-state index in [0.29, 0.717) is 0 Å². The molecule has 0 saturated heterocycles. The van der Waals surface area contributed by atoms with Gasteiger partial charge in [0.05, 0.1) is 23.8 Å².